The molecule has 0 saturated carbocycles. The standard InChI is InChI=1S/C26H27N3O/c1-18-15-19(2)22(20(3)16-18)17-29-24-12-8-7-11-23(24)28-25(29)13-14-27-26(30)21-9-5-4-6-10-21/h4-12,15-16H,13-14,17H2,1-3H3,(H,27,30). The van der Waals surface area contributed by atoms with Gasteiger partial charge in [0.05, 0.1) is 11.0 Å². The van der Waals surface area contributed by atoms with Crippen LogP contribution in [0, 0.1) is 20.8 Å². The molecule has 0 fully saturated rings. The third kappa shape index (κ3) is 4.13. The van der Waals surface area contributed by atoms with E-state index in [0.29, 0.717) is 18.5 Å². The molecule has 4 heteroatoms. The Balaban J connectivity index is 1.59. The van der Waals surface area contributed by atoms with Crippen LogP contribution >= 0.6 is 0 Å². The Kier molecular flexibility index (Phi) is 5.66. The molecule has 0 saturated heterocycles. The Morgan fingerprint density at radius 1 is 0.933 bits per heavy atom. The molecule has 0 unspecified atom stereocenters. The molecule has 3 aromatic carbocycles. The van der Waals surface area contributed by atoms with Crippen molar-refractivity contribution in [1.29, 1.82) is 0 Å². The van der Waals surface area contributed by atoms with Gasteiger partial charge in [-0.25, -0.2) is 4.98 Å². The number of para-hydroxylation sites is 2. The Morgan fingerprint density at radius 3 is 2.33 bits per heavy atom. The van der Waals surface area contributed by atoms with Crippen molar-refractivity contribution in [3.8, 4) is 0 Å². The molecule has 4 rings (SSSR count). The fraction of sp³-hybridized carbons (Fsp3) is 0.231. The quantitative estimate of drug-likeness (QED) is 0.499. The van der Waals surface area contributed by atoms with Crippen LogP contribution in [0.4, 0.5) is 0 Å². The van der Waals surface area contributed by atoms with Gasteiger partial charge in [-0.15, -0.1) is 0 Å². The number of hydrogen-bond donors (Lipinski definition) is 1. The first-order valence-electron chi connectivity index (χ1n) is 10.4. The predicted octanol–water partition coefficient (Wildman–Crippen LogP) is 4.98. The Labute approximate surface area is 177 Å². The highest BCUT2D eigenvalue weighted by Crippen LogP contribution is 2.22. The monoisotopic (exact) mass is 397 g/mol. The van der Waals surface area contributed by atoms with E-state index in [9.17, 15) is 4.79 Å². The van der Waals surface area contributed by atoms with Crippen molar-refractivity contribution < 1.29 is 4.79 Å². The van der Waals surface area contributed by atoms with Gasteiger partial charge in [0.15, 0.2) is 0 Å². The van der Waals surface area contributed by atoms with E-state index in [1.807, 2.05) is 42.5 Å². The maximum atomic E-state index is 12.4. The van der Waals surface area contributed by atoms with Crippen LogP contribution in [0.25, 0.3) is 11.0 Å². The van der Waals surface area contributed by atoms with E-state index >= 15 is 0 Å². The van der Waals surface area contributed by atoms with Crippen LogP contribution in [0.2, 0.25) is 0 Å². The van der Waals surface area contributed by atoms with E-state index < -0.39 is 0 Å². The summed E-state index contributed by atoms with van der Waals surface area (Å²) in [6.07, 6.45) is 0.678. The van der Waals surface area contributed by atoms with E-state index in [1.54, 1.807) is 0 Å². The van der Waals surface area contributed by atoms with Gasteiger partial charge in [0.1, 0.15) is 5.82 Å². The second kappa shape index (κ2) is 8.54. The summed E-state index contributed by atoms with van der Waals surface area (Å²) in [7, 11) is 0. The summed E-state index contributed by atoms with van der Waals surface area (Å²) in [6.45, 7) is 7.81. The lowest BCUT2D eigenvalue weighted by Crippen LogP contribution is -2.26. The molecule has 4 aromatic rings. The molecule has 0 bridgehead atoms. The number of aryl methyl sites for hydroxylation is 3. The van der Waals surface area contributed by atoms with Crippen LogP contribution in [0.5, 0.6) is 0 Å². The van der Waals surface area contributed by atoms with Gasteiger partial charge in [-0.1, -0.05) is 48.0 Å². The van der Waals surface area contributed by atoms with Gasteiger partial charge in [0, 0.05) is 25.1 Å². The second-order valence-corrected chi connectivity index (χ2v) is 7.85. The van der Waals surface area contributed by atoms with Gasteiger partial charge in [-0.2, -0.15) is 0 Å². The average Bonchev–Trinajstić information content (AvgIpc) is 3.08. The molecule has 1 heterocycles. The number of nitrogens with one attached hydrogen (secondary N) is 1. The molecule has 30 heavy (non-hydrogen) atoms. The SMILES string of the molecule is Cc1cc(C)c(Cn2c(CCNC(=O)c3ccccc3)nc3ccccc32)c(C)c1. The number of hydrogen-bond acceptors (Lipinski definition) is 2. The summed E-state index contributed by atoms with van der Waals surface area (Å²) < 4.78 is 2.29. The lowest BCUT2D eigenvalue weighted by Gasteiger charge is -2.15. The molecule has 152 valence electrons. The second-order valence-electron chi connectivity index (χ2n) is 7.85. The van der Waals surface area contributed by atoms with Crippen molar-refractivity contribution in [2.24, 2.45) is 0 Å². The Hall–Kier alpha value is -3.40. The van der Waals surface area contributed by atoms with Gasteiger partial charge in [-0.3, -0.25) is 4.79 Å². The zero-order chi connectivity index (χ0) is 21.1. The summed E-state index contributed by atoms with van der Waals surface area (Å²) in [5, 5.41) is 3.02. The van der Waals surface area contributed by atoms with Gasteiger partial charge >= 0.3 is 0 Å². The molecule has 0 atom stereocenters. The molecule has 1 aromatic heterocycles. The van der Waals surface area contributed by atoms with Crippen LogP contribution in [0.1, 0.15) is 38.4 Å². The number of fused-ring (bicyclic) bond motifs is 1. The van der Waals surface area contributed by atoms with Gasteiger partial charge in [-0.05, 0) is 61.7 Å². The normalized spacial score (nSPS) is 11.0. The minimum Gasteiger partial charge on any atom is -0.352 e. The maximum Gasteiger partial charge on any atom is 0.251 e. The Bertz CT molecular complexity index is 1170. The van der Waals surface area contributed by atoms with E-state index in [1.165, 1.54) is 22.3 Å². The van der Waals surface area contributed by atoms with Crippen LogP contribution in [-0.4, -0.2) is 22.0 Å². The first-order valence-corrected chi connectivity index (χ1v) is 10.4. The molecule has 1 N–H and O–H groups in total. The number of aromatic nitrogens is 2. The highest BCUT2D eigenvalue weighted by molar-refractivity contribution is 5.94. The molecule has 0 spiro atoms. The average molecular weight is 398 g/mol. The number of carbonyl (C=O) groups is 1. The lowest BCUT2D eigenvalue weighted by molar-refractivity contribution is 0.0954. The molecular weight excluding hydrogens is 370 g/mol. The molecule has 1 amide bonds. The van der Waals surface area contributed by atoms with Gasteiger partial charge in [0.2, 0.25) is 0 Å². The zero-order valence-corrected chi connectivity index (χ0v) is 17.8. The zero-order valence-electron chi connectivity index (χ0n) is 17.8. The summed E-state index contributed by atoms with van der Waals surface area (Å²) in [5.41, 5.74) is 8.01. The van der Waals surface area contributed by atoms with Crippen molar-refractivity contribution in [2.45, 2.75) is 33.7 Å². The molecule has 0 radical (unpaired) electrons. The first kappa shape index (κ1) is 19.9. The number of imidazole rings is 1. The van der Waals surface area contributed by atoms with Crippen molar-refractivity contribution in [2.75, 3.05) is 6.54 Å². The number of rotatable bonds is 6. The van der Waals surface area contributed by atoms with E-state index in [2.05, 4.69) is 54.9 Å². The maximum absolute atomic E-state index is 12.4. The van der Waals surface area contributed by atoms with Gasteiger partial charge < -0.3 is 9.88 Å². The molecule has 4 nitrogen and oxygen atoms in total. The molecule has 0 aliphatic rings. The highest BCUT2D eigenvalue weighted by atomic mass is 16.1. The van der Waals surface area contributed by atoms with Crippen LogP contribution < -0.4 is 5.32 Å². The Morgan fingerprint density at radius 2 is 1.60 bits per heavy atom. The minimum atomic E-state index is -0.0523. The summed E-state index contributed by atoms with van der Waals surface area (Å²) in [5.74, 6) is 0.937. The van der Waals surface area contributed by atoms with Crippen molar-refractivity contribution in [3.63, 3.8) is 0 Å². The van der Waals surface area contributed by atoms with Crippen molar-refractivity contribution in [1.82, 2.24) is 14.9 Å². The summed E-state index contributed by atoms with van der Waals surface area (Å²) in [4.78, 5) is 17.2. The minimum absolute atomic E-state index is 0.0523. The number of amides is 1. The lowest BCUT2D eigenvalue weighted by atomic mass is 9.99. The topological polar surface area (TPSA) is 46.9 Å². The number of nitrogens with zero attached hydrogens (tertiary/aromatic N) is 2. The molecular formula is C26H27N3O. The van der Waals surface area contributed by atoms with Crippen LogP contribution in [-0.2, 0) is 13.0 Å². The smallest absolute Gasteiger partial charge is 0.251 e. The van der Waals surface area contributed by atoms with E-state index in [0.717, 1.165) is 23.4 Å². The van der Waals surface area contributed by atoms with Crippen molar-refractivity contribution in [3.05, 3.63) is 100 Å². The van der Waals surface area contributed by atoms with Gasteiger partial charge in [0.25, 0.3) is 5.91 Å². The van der Waals surface area contributed by atoms with Crippen LogP contribution in [0.15, 0.2) is 66.7 Å². The highest BCUT2D eigenvalue weighted by Gasteiger charge is 2.14. The largest absolute Gasteiger partial charge is 0.352 e. The van der Waals surface area contributed by atoms with E-state index in [4.69, 9.17) is 4.98 Å². The first-order chi connectivity index (χ1) is 14.5. The molecule has 0 aliphatic carbocycles. The van der Waals surface area contributed by atoms with Crippen LogP contribution in [0.3, 0.4) is 0 Å². The predicted molar refractivity (Wildman–Crippen MR) is 122 cm³/mol. The molecule has 0 aliphatic heterocycles. The van der Waals surface area contributed by atoms with E-state index in [-0.39, 0.29) is 5.91 Å². The fourth-order valence-electron chi connectivity index (χ4n) is 4.09. The number of carbonyl (C=O) groups excluding carboxylic acids is 1. The summed E-state index contributed by atoms with van der Waals surface area (Å²) in [6, 6.07) is 22.0. The fourth-order valence-corrected chi connectivity index (χ4v) is 4.09. The number of benzene rings is 3. The third-order valence-corrected chi connectivity index (χ3v) is 5.56. The van der Waals surface area contributed by atoms with Crippen molar-refractivity contribution >= 4 is 16.9 Å². The third-order valence-electron chi connectivity index (χ3n) is 5.56. The summed E-state index contributed by atoms with van der Waals surface area (Å²) >= 11 is 0.